The minimum absolute atomic E-state index is 0.188. The van der Waals surface area contributed by atoms with Gasteiger partial charge in [0.05, 0.1) is 11.3 Å². The number of rotatable bonds is 3. The summed E-state index contributed by atoms with van der Waals surface area (Å²) >= 11 is 5.48. The average molecular weight is 383 g/mol. The molecule has 0 fully saturated rings. The maximum Gasteiger partial charge on any atom is 0.414 e. The zero-order valence-corrected chi connectivity index (χ0v) is 16.8. The number of anilines is 1. The monoisotopic (exact) mass is 382 g/mol. The number of hydrogen-bond donors (Lipinski definition) is 0. The molecule has 0 saturated carbocycles. The highest BCUT2D eigenvalue weighted by atomic mass is 35.5. The van der Waals surface area contributed by atoms with Crippen molar-refractivity contribution in [3.8, 4) is 0 Å². The summed E-state index contributed by atoms with van der Waals surface area (Å²) in [5, 5.41) is 0. The fraction of sp³-hybridized carbons (Fsp3) is 0.579. The van der Waals surface area contributed by atoms with Crippen LogP contribution in [-0.4, -0.2) is 55.3 Å². The lowest BCUT2D eigenvalue weighted by molar-refractivity contribution is 0.0565. The van der Waals surface area contributed by atoms with Crippen molar-refractivity contribution in [2.24, 2.45) is 0 Å². The van der Waals surface area contributed by atoms with Gasteiger partial charge in [-0.3, -0.25) is 4.90 Å². The van der Waals surface area contributed by atoms with Gasteiger partial charge >= 0.3 is 12.1 Å². The molecule has 0 radical (unpaired) electrons. The molecule has 2 rings (SSSR count). The van der Waals surface area contributed by atoms with Crippen LogP contribution in [0.25, 0.3) is 0 Å². The molecule has 0 saturated heterocycles. The van der Waals surface area contributed by atoms with Crippen LogP contribution in [-0.2, 0) is 15.9 Å². The highest BCUT2D eigenvalue weighted by molar-refractivity contribution is 6.17. The summed E-state index contributed by atoms with van der Waals surface area (Å²) < 4.78 is 10.5. The van der Waals surface area contributed by atoms with Gasteiger partial charge in [-0.1, -0.05) is 11.6 Å². The summed E-state index contributed by atoms with van der Waals surface area (Å²) in [6, 6.07) is 5.21. The van der Waals surface area contributed by atoms with Gasteiger partial charge in [-0.05, 0) is 71.5 Å². The Bertz CT molecular complexity index is 670. The van der Waals surface area contributed by atoms with E-state index in [1.165, 1.54) is 0 Å². The second-order valence-electron chi connectivity index (χ2n) is 7.63. The summed E-state index contributed by atoms with van der Waals surface area (Å²) in [4.78, 5) is 28.5. The third-order valence-electron chi connectivity index (χ3n) is 4.28. The van der Waals surface area contributed by atoms with Crippen LogP contribution in [0.5, 0.6) is 0 Å². The first-order valence-electron chi connectivity index (χ1n) is 8.65. The molecule has 1 unspecified atom stereocenters. The molecule has 26 heavy (non-hydrogen) atoms. The molecular formula is C19H27ClN2O4. The van der Waals surface area contributed by atoms with Gasteiger partial charge in [0.2, 0.25) is 0 Å². The van der Waals surface area contributed by atoms with E-state index in [4.69, 9.17) is 21.1 Å². The third-order valence-corrected chi connectivity index (χ3v) is 4.39. The SMILES string of the molecule is CN(C)C1CCc2cc(C(=O)OCCl)ccc2N(C(=O)OC(C)(C)C)C1. The Hall–Kier alpha value is -1.79. The number of alkyl halides is 1. The van der Waals surface area contributed by atoms with Crippen LogP contribution in [0.15, 0.2) is 18.2 Å². The maximum absolute atomic E-state index is 12.8. The molecule has 1 aromatic rings. The molecule has 1 amide bonds. The number of amides is 1. The zero-order valence-electron chi connectivity index (χ0n) is 16.0. The number of hydrogen-bond acceptors (Lipinski definition) is 5. The summed E-state index contributed by atoms with van der Waals surface area (Å²) in [5.41, 5.74) is 1.54. The number of aryl methyl sites for hydroxylation is 1. The summed E-state index contributed by atoms with van der Waals surface area (Å²) in [7, 11) is 3.99. The maximum atomic E-state index is 12.8. The first-order chi connectivity index (χ1) is 12.1. The van der Waals surface area contributed by atoms with E-state index in [1.54, 1.807) is 23.1 Å². The predicted molar refractivity (Wildman–Crippen MR) is 102 cm³/mol. The van der Waals surface area contributed by atoms with Crippen LogP contribution in [0.4, 0.5) is 10.5 Å². The number of esters is 1. The topological polar surface area (TPSA) is 59.1 Å². The van der Waals surface area contributed by atoms with Crippen molar-refractivity contribution in [1.82, 2.24) is 4.90 Å². The lowest BCUT2D eigenvalue weighted by atomic mass is 10.0. The van der Waals surface area contributed by atoms with Gasteiger partial charge in [-0.15, -0.1) is 0 Å². The fourth-order valence-corrected chi connectivity index (χ4v) is 3.04. The van der Waals surface area contributed by atoms with Crippen LogP contribution in [0.2, 0.25) is 0 Å². The lowest BCUT2D eigenvalue weighted by Crippen LogP contribution is -2.44. The van der Waals surface area contributed by atoms with Gasteiger partial charge in [0.15, 0.2) is 6.07 Å². The standard InChI is InChI=1S/C19H27ClN2O4/c1-19(2,3)26-18(24)22-11-15(21(4)5)8-6-13-10-14(7-9-16(13)22)17(23)25-12-20/h7,9-10,15H,6,8,11-12H2,1-5H3. The molecular weight excluding hydrogens is 356 g/mol. The number of carbonyl (C=O) groups is 2. The van der Waals surface area contributed by atoms with E-state index in [-0.39, 0.29) is 18.2 Å². The van der Waals surface area contributed by atoms with E-state index < -0.39 is 11.6 Å². The van der Waals surface area contributed by atoms with Crippen molar-refractivity contribution in [1.29, 1.82) is 0 Å². The van der Waals surface area contributed by atoms with Gasteiger partial charge in [-0.2, -0.15) is 0 Å². The van der Waals surface area contributed by atoms with E-state index in [1.807, 2.05) is 34.9 Å². The van der Waals surface area contributed by atoms with Gasteiger partial charge in [0.1, 0.15) is 5.60 Å². The Balaban J connectivity index is 2.39. The fourth-order valence-electron chi connectivity index (χ4n) is 2.94. The largest absolute Gasteiger partial charge is 0.446 e. The first-order valence-corrected chi connectivity index (χ1v) is 9.19. The summed E-state index contributed by atoms with van der Waals surface area (Å²) in [6.07, 6.45) is 1.23. The van der Waals surface area contributed by atoms with Crippen molar-refractivity contribution in [2.75, 3.05) is 31.6 Å². The molecule has 6 nitrogen and oxygen atoms in total. The molecule has 0 bridgehead atoms. The van der Waals surface area contributed by atoms with E-state index in [2.05, 4.69) is 4.90 Å². The Morgan fingerprint density at radius 3 is 2.58 bits per heavy atom. The van der Waals surface area contributed by atoms with E-state index in [9.17, 15) is 9.59 Å². The van der Waals surface area contributed by atoms with Gasteiger partial charge in [0, 0.05) is 12.6 Å². The number of fused-ring (bicyclic) bond motifs is 1. The molecule has 144 valence electrons. The quantitative estimate of drug-likeness (QED) is 0.589. The summed E-state index contributed by atoms with van der Waals surface area (Å²) in [5.74, 6) is -0.472. The van der Waals surface area contributed by atoms with E-state index in [0.29, 0.717) is 12.1 Å². The van der Waals surface area contributed by atoms with Gasteiger partial charge in [-0.25, -0.2) is 9.59 Å². The molecule has 0 aromatic heterocycles. The molecule has 1 aromatic carbocycles. The minimum atomic E-state index is -0.582. The van der Waals surface area contributed by atoms with Crippen LogP contribution in [0.1, 0.15) is 43.1 Å². The molecule has 7 heteroatoms. The summed E-state index contributed by atoms with van der Waals surface area (Å²) in [6.45, 7) is 6.06. The normalized spacial score (nSPS) is 17.5. The van der Waals surface area contributed by atoms with Gasteiger partial charge in [0.25, 0.3) is 0 Å². The van der Waals surface area contributed by atoms with Crippen LogP contribution in [0, 0.1) is 0 Å². The van der Waals surface area contributed by atoms with E-state index >= 15 is 0 Å². The van der Waals surface area contributed by atoms with Crippen LogP contribution in [0.3, 0.4) is 0 Å². The van der Waals surface area contributed by atoms with Crippen molar-refractivity contribution in [3.05, 3.63) is 29.3 Å². The number of carbonyl (C=O) groups excluding carboxylic acids is 2. The Kier molecular flexibility index (Phi) is 6.53. The molecule has 0 N–H and O–H groups in total. The Morgan fingerprint density at radius 1 is 1.31 bits per heavy atom. The van der Waals surface area contributed by atoms with E-state index in [0.717, 1.165) is 24.1 Å². The average Bonchev–Trinajstić information content (AvgIpc) is 2.72. The molecule has 0 aliphatic carbocycles. The minimum Gasteiger partial charge on any atom is -0.446 e. The van der Waals surface area contributed by atoms with Crippen LogP contribution >= 0.6 is 11.6 Å². The zero-order chi connectivity index (χ0) is 19.5. The highest BCUT2D eigenvalue weighted by Crippen LogP contribution is 2.30. The van der Waals surface area contributed by atoms with Gasteiger partial charge < -0.3 is 14.4 Å². The first kappa shape index (κ1) is 20.5. The molecule has 1 aliphatic heterocycles. The smallest absolute Gasteiger partial charge is 0.414 e. The van der Waals surface area contributed by atoms with Crippen LogP contribution < -0.4 is 4.90 Å². The van der Waals surface area contributed by atoms with Crippen molar-refractivity contribution < 1.29 is 19.1 Å². The number of benzene rings is 1. The number of nitrogens with zero attached hydrogens (tertiary/aromatic N) is 2. The Morgan fingerprint density at radius 2 is 2.00 bits per heavy atom. The second kappa shape index (κ2) is 8.27. The van der Waals surface area contributed by atoms with Crippen molar-refractivity contribution in [3.63, 3.8) is 0 Å². The number of halogens is 1. The third kappa shape index (κ3) is 5.11. The number of ether oxygens (including phenoxy) is 2. The molecule has 1 atom stereocenters. The molecule has 1 heterocycles. The number of likely N-dealkylation sites (N-methyl/N-ethyl adjacent to an activating group) is 1. The lowest BCUT2D eigenvalue weighted by Gasteiger charge is -2.31. The second-order valence-corrected chi connectivity index (χ2v) is 7.85. The highest BCUT2D eigenvalue weighted by Gasteiger charge is 2.31. The molecule has 0 spiro atoms. The van der Waals surface area contributed by atoms with Crippen molar-refractivity contribution >= 4 is 29.4 Å². The predicted octanol–water partition coefficient (Wildman–Crippen LogP) is 3.66. The Labute approximate surface area is 160 Å². The van der Waals surface area contributed by atoms with Crippen molar-refractivity contribution in [2.45, 2.75) is 45.3 Å². The molecule has 1 aliphatic rings.